The Balaban J connectivity index is 0.00000196. The molecule has 0 bridgehead atoms. The predicted molar refractivity (Wildman–Crippen MR) is 61.6 cm³/mol. The highest BCUT2D eigenvalue weighted by Crippen LogP contribution is 2.18. The largest absolute Gasteiger partial charge is 0.396 e. The van der Waals surface area contributed by atoms with Crippen molar-refractivity contribution >= 4 is 12.4 Å². The highest BCUT2D eigenvalue weighted by molar-refractivity contribution is 5.85. The van der Waals surface area contributed by atoms with Crippen LogP contribution in [0.4, 0.5) is 4.39 Å². The van der Waals surface area contributed by atoms with Crippen molar-refractivity contribution < 1.29 is 9.50 Å². The van der Waals surface area contributed by atoms with Crippen LogP contribution in [0, 0.1) is 12.7 Å². The maximum absolute atomic E-state index is 13.2. The van der Waals surface area contributed by atoms with Crippen molar-refractivity contribution in [2.75, 3.05) is 6.61 Å². The van der Waals surface area contributed by atoms with Gasteiger partial charge in [-0.05, 0) is 37.0 Å². The van der Waals surface area contributed by atoms with Crippen LogP contribution >= 0.6 is 12.4 Å². The number of hydrogen-bond donors (Lipinski definition) is 2. The van der Waals surface area contributed by atoms with Gasteiger partial charge in [0.15, 0.2) is 0 Å². The Labute approximate surface area is 95.7 Å². The third-order valence-electron chi connectivity index (χ3n) is 2.30. The maximum Gasteiger partial charge on any atom is 0.126 e. The second kappa shape index (κ2) is 6.77. The van der Waals surface area contributed by atoms with E-state index in [2.05, 4.69) is 0 Å². The molecule has 1 rings (SSSR count). The molecular weight excluding hydrogens is 217 g/mol. The molecule has 0 fully saturated rings. The maximum atomic E-state index is 13.2. The van der Waals surface area contributed by atoms with Crippen molar-refractivity contribution in [1.29, 1.82) is 0 Å². The highest BCUT2D eigenvalue weighted by Gasteiger charge is 2.07. The number of benzene rings is 1. The number of nitrogens with two attached hydrogens (primary N) is 1. The lowest BCUT2D eigenvalue weighted by molar-refractivity contribution is 0.280. The van der Waals surface area contributed by atoms with Crippen molar-refractivity contribution in [3.05, 3.63) is 35.1 Å². The van der Waals surface area contributed by atoms with E-state index in [1.807, 2.05) is 6.07 Å². The summed E-state index contributed by atoms with van der Waals surface area (Å²) in [7, 11) is 0. The first-order valence-electron chi connectivity index (χ1n) is 4.77. The third-order valence-corrected chi connectivity index (χ3v) is 2.30. The van der Waals surface area contributed by atoms with Gasteiger partial charge in [0, 0.05) is 12.6 Å². The van der Waals surface area contributed by atoms with Gasteiger partial charge in [0.2, 0.25) is 0 Å². The van der Waals surface area contributed by atoms with Gasteiger partial charge in [-0.1, -0.05) is 12.1 Å². The average Bonchev–Trinajstić information content (AvgIpc) is 2.18. The van der Waals surface area contributed by atoms with Crippen LogP contribution in [0.2, 0.25) is 0 Å². The molecule has 0 amide bonds. The topological polar surface area (TPSA) is 46.2 Å². The quantitative estimate of drug-likeness (QED) is 0.839. The summed E-state index contributed by atoms with van der Waals surface area (Å²) in [5.74, 6) is -0.220. The molecule has 1 atom stereocenters. The first-order valence-corrected chi connectivity index (χ1v) is 4.77. The van der Waals surface area contributed by atoms with E-state index in [0.717, 1.165) is 5.56 Å². The van der Waals surface area contributed by atoms with Gasteiger partial charge in [0.25, 0.3) is 0 Å². The van der Waals surface area contributed by atoms with E-state index in [4.69, 9.17) is 10.8 Å². The fourth-order valence-electron chi connectivity index (χ4n) is 1.32. The van der Waals surface area contributed by atoms with Crippen LogP contribution < -0.4 is 5.73 Å². The Bertz CT molecular complexity index is 307. The summed E-state index contributed by atoms with van der Waals surface area (Å²) in [6, 6.07) is 4.85. The summed E-state index contributed by atoms with van der Waals surface area (Å²) >= 11 is 0. The zero-order valence-electron chi connectivity index (χ0n) is 8.74. The molecule has 4 heteroatoms. The van der Waals surface area contributed by atoms with E-state index >= 15 is 0 Å². The Morgan fingerprint density at radius 2 is 2.13 bits per heavy atom. The van der Waals surface area contributed by atoms with E-state index < -0.39 is 0 Å². The van der Waals surface area contributed by atoms with Gasteiger partial charge in [0.05, 0.1) is 0 Å². The van der Waals surface area contributed by atoms with Crippen LogP contribution in [0.3, 0.4) is 0 Å². The second-order valence-electron chi connectivity index (χ2n) is 3.48. The zero-order valence-corrected chi connectivity index (χ0v) is 9.56. The summed E-state index contributed by atoms with van der Waals surface area (Å²) in [6.45, 7) is 1.85. The average molecular weight is 234 g/mol. The van der Waals surface area contributed by atoms with Crippen molar-refractivity contribution in [2.24, 2.45) is 5.73 Å². The Morgan fingerprint density at radius 1 is 1.47 bits per heavy atom. The van der Waals surface area contributed by atoms with Crippen LogP contribution in [0.25, 0.3) is 0 Å². The van der Waals surface area contributed by atoms with Crippen LogP contribution in [0.1, 0.15) is 30.0 Å². The zero-order chi connectivity index (χ0) is 10.6. The molecule has 3 N–H and O–H groups in total. The smallest absolute Gasteiger partial charge is 0.126 e. The lowest BCUT2D eigenvalue weighted by atomic mass is 10.0. The molecule has 0 aliphatic heterocycles. The molecule has 0 saturated heterocycles. The van der Waals surface area contributed by atoms with Gasteiger partial charge >= 0.3 is 0 Å². The number of halogens is 2. The standard InChI is InChI=1S/C11H16FNO.ClH/c1-8-4-5-9(7-10(8)12)11(13)3-2-6-14;/h4-5,7,11,14H,2-3,6,13H2,1H3;1H/t11-;/m1./s1. The van der Waals surface area contributed by atoms with Gasteiger partial charge in [0.1, 0.15) is 5.82 Å². The number of aliphatic hydroxyl groups excluding tert-OH is 1. The van der Waals surface area contributed by atoms with E-state index in [1.54, 1.807) is 13.0 Å². The van der Waals surface area contributed by atoms with Crippen molar-refractivity contribution in [3.8, 4) is 0 Å². The van der Waals surface area contributed by atoms with Gasteiger partial charge in [-0.25, -0.2) is 4.39 Å². The molecule has 0 saturated carbocycles. The molecule has 0 aliphatic carbocycles. The minimum absolute atomic E-state index is 0. The summed E-state index contributed by atoms with van der Waals surface area (Å²) in [4.78, 5) is 0. The Hall–Kier alpha value is -0.640. The molecule has 0 spiro atoms. The molecule has 0 aromatic heterocycles. The molecular formula is C11H17ClFNO. The normalized spacial score (nSPS) is 12.0. The minimum Gasteiger partial charge on any atom is -0.396 e. The fraction of sp³-hybridized carbons (Fsp3) is 0.455. The number of aliphatic hydroxyl groups is 1. The molecule has 1 aromatic rings. The van der Waals surface area contributed by atoms with E-state index in [1.165, 1.54) is 6.07 Å². The molecule has 86 valence electrons. The number of aryl methyl sites for hydroxylation is 1. The first kappa shape index (κ1) is 14.4. The SMILES string of the molecule is Cc1ccc([C@H](N)CCCO)cc1F.Cl. The highest BCUT2D eigenvalue weighted by atomic mass is 35.5. The van der Waals surface area contributed by atoms with Crippen LogP contribution in [-0.4, -0.2) is 11.7 Å². The molecule has 0 radical (unpaired) electrons. The monoisotopic (exact) mass is 233 g/mol. The molecule has 0 unspecified atom stereocenters. The Kier molecular flexibility index (Phi) is 6.48. The first-order chi connectivity index (χ1) is 6.65. The van der Waals surface area contributed by atoms with Gasteiger partial charge in [-0.3, -0.25) is 0 Å². The molecule has 0 aliphatic rings. The fourth-order valence-corrected chi connectivity index (χ4v) is 1.32. The van der Waals surface area contributed by atoms with E-state index in [-0.39, 0.29) is 30.9 Å². The molecule has 2 nitrogen and oxygen atoms in total. The lowest BCUT2D eigenvalue weighted by Gasteiger charge is -2.11. The van der Waals surface area contributed by atoms with Gasteiger partial charge in [-0.15, -0.1) is 12.4 Å². The van der Waals surface area contributed by atoms with Crippen molar-refractivity contribution in [2.45, 2.75) is 25.8 Å². The number of rotatable bonds is 4. The lowest BCUT2D eigenvalue weighted by Crippen LogP contribution is -2.11. The molecule has 1 aromatic carbocycles. The second-order valence-corrected chi connectivity index (χ2v) is 3.48. The van der Waals surface area contributed by atoms with Crippen LogP contribution in [0.15, 0.2) is 18.2 Å². The van der Waals surface area contributed by atoms with E-state index in [9.17, 15) is 4.39 Å². The van der Waals surface area contributed by atoms with Crippen LogP contribution in [-0.2, 0) is 0 Å². The summed E-state index contributed by atoms with van der Waals surface area (Å²) in [5, 5.41) is 8.63. The van der Waals surface area contributed by atoms with Crippen molar-refractivity contribution in [3.63, 3.8) is 0 Å². The van der Waals surface area contributed by atoms with Gasteiger partial charge in [-0.2, -0.15) is 0 Å². The van der Waals surface area contributed by atoms with Gasteiger partial charge < -0.3 is 10.8 Å². The third kappa shape index (κ3) is 4.16. The Morgan fingerprint density at radius 3 is 2.67 bits per heavy atom. The minimum atomic E-state index is -0.220. The van der Waals surface area contributed by atoms with Crippen LogP contribution in [0.5, 0.6) is 0 Å². The molecule has 15 heavy (non-hydrogen) atoms. The van der Waals surface area contributed by atoms with E-state index in [0.29, 0.717) is 18.4 Å². The summed E-state index contributed by atoms with van der Waals surface area (Å²) in [5.41, 5.74) is 7.24. The molecule has 0 heterocycles. The summed E-state index contributed by atoms with van der Waals surface area (Å²) in [6.07, 6.45) is 1.33. The predicted octanol–water partition coefficient (Wildman–Crippen LogP) is 2.33. The number of hydrogen-bond acceptors (Lipinski definition) is 2. The van der Waals surface area contributed by atoms with Crippen molar-refractivity contribution in [1.82, 2.24) is 0 Å². The summed E-state index contributed by atoms with van der Waals surface area (Å²) < 4.78 is 13.2.